The molecule has 2 aliphatic carbocycles. The predicted octanol–water partition coefficient (Wildman–Crippen LogP) is 0.442. The average molecular weight is 198 g/mol. The standard InChI is InChI=1S/C9H14N2O3/c10-6(12)8-1-3-9(5-8,4-2-8)11-7(13)14/h11H,1-5H2,(H2,10,12)(H,13,14). The fourth-order valence-corrected chi connectivity index (χ4v) is 2.94. The van der Waals surface area contributed by atoms with Gasteiger partial charge in [0.15, 0.2) is 0 Å². The van der Waals surface area contributed by atoms with E-state index in [1.54, 1.807) is 0 Å². The van der Waals surface area contributed by atoms with Gasteiger partial charge >= 0.3 is 6.09 Å². The summed E-state index contributed by atoms with van der Waals surface area (Å²) in [5.41, 5.74) is 4.54. The summed E-state index contributed by atoms with van der Waals surface area (Å²) in [5.74, 6) is -0.274. The molecule has 0 radical (unpaired) electrons. The van der Waals surface area contributed by atoms with Gasteiger partial charge in [-0.15, -0.1) is 0 Å². The predicted molar refractivity (Wildman–Crippen MR) is 48.6 cm³/mol. The molecule has 2 aliphatic rings. The quantitative estimate of drug-likeness (QED) is 0.601. The number of primary amides is 1. The normalized spacial score (nSPS) is 39.7. The molecule has 2 bridgehead atoms. The van der Waals surface area contributed by atoms with Crippen molar-refractivity contribution < 1.29 is 14.7 Å². The highest BCUT2D eigenvalue weighted by molar-refractivity contribution is 5.82. The Kier molecular flexibility index (Phi) is 1.74. The summed E-state index contributed by atoms with van der Waals surface area (Å²) >= 11 is 0. The van der Waals surface area contributed by atoms with Crippen LogP contribution < -0.4 is 11.1 Å². The second-order valence-corrected chi connectivity index (χ2v) is 4.53. The van der Waals surface area contributed by atoms with Crippen molar-refractivity contribution in [3.8, 4) is 0 Å². The molecule has 2 rings (SSSR count). The van der Waals surface area contributed by atoms with Crippen molar-refractivity contribution in [2.75, 3.05) is 0 Å². The lowest BCUT2D eigenvalue weighted by atomic mass is 9.83. The molecule has 14 heavy (non-hydrogen) atoms. The zero-order chi connectivity index (χ0) is 10.4. The molecule has 5 heteroatoms. The van der Waals surface area contributed by atoms with E-state index in [-0.39, 0.29) is 11.4 Å². The molecule has 0 heterocycles. The molecule has 2 saturated carbocycles. The van der Waals surface area contributed by atoms with Crippen LogP contribution in [0.5, 0.6) is 0 Å². The minimum atomic E-state index is -1.01. The molecular weight excluding hydrogens is 184 g/mol. The summed E-state index contributed by atoms with van der Waals surface area (Å²) in [6.45, 7) is 0. The number of carbonyl (C=O) groups excluding carboxylic acids is 1. The van der Waals surface area contributed by atoms with Crippen molar-refractivity contribution in [1.82, 2.24) is 5.32 Å². The third-order valence-electron chi connectivity index (χ3n) is 3.74. The summed E-state index contributed by atoms with van der Waals surface area (Å²) in [7, 11) is 0. The maximum Gasteiger partial charge on any atom is 0.405 e. The minimum absolute atomic E-state index is 0.274. The molecule has 0 aromatic carbocycles. The van der Waals surface area contributed by atoms with Crippen molar-refractivity contribution in [2.45, 2.75) is 37.6 Å². The molecule has 0 atom stereocenters. The van der Waals surface area contributed by atoms with Gasteiger partial charge < -0.3 is 16.2 Å². The smallest absolute Gasteiger partial charge is 0.405 e. The van der Waals surface area contributed by atoms with Crippen LogP contribution in [0.1, 0.15) is 32.1 Å². The molecule has 4 N–H and O–H groups in total. The van der Waals surface area contributed by atoms with E-state index in [0.29, 0.717) is 6.42 Å². The Labute approximate surface area is 81.7 Å². The summed E-state index contributed by atoms with van der Waals surface area (Å²) in [6.07, 6.45) is 2.50. The van der Waals surface area contributed by atoms with Gasteiger partial charge in [-0.25, -0.2) is 4.79 Å². The number of rotatable bonds is 2. The lowest BCUT2D eigenvalue weighted by Gasteiger charge is -2.26. The van der Waals surface area contributed by atoms with Crippen LogP contribution in [0.4, 0.5) is 4.79 Å². The van der Waals surface area contributed by atoms with Crippen LogP contribution in [0.15, 0.2) is 0 Å². The molecule has 0 aliphatic heterocycles. The van der Waals surface area contributed by atoms with Crippen LogP contribution in [0.3, 0.4) is 0 Å². The number of hydrogen-bond donors (Lipinski definition) is 3. The van der Waals surface area contributed by atoms with Crippen LogP contribution in [-0.4, -0.2) is 22.6 Å². The third kappa shape index (κ3) is 1.15. The Morgan fingerprint density at radius 1 is 1.21 bits per heavy atom. The Morgan fingerprint density at radius 2 is 1.79 bits per heavy atom. The van der Waals surface area contributed by atoms with Crippen LogP contribution in [0, 0.1) is 5.41 Å². The Balaban J connectivity index is 2.16. The Morgan fingerprint density at radius 3 is 2.14 bits per heavy atom. The van der Waals surface area contributed by atoms with Crippen LogP contribution in [-0.2, 0) is 4.79 Å². The number of hydrogen-bond acceptors (Lipinski definition) is 2. The van der Waals surface area contributed by atoms with Crippen molar-refractivity contribution in [2.24, 2.45) is 11.1 Å². The number of nitrogens with one attached hydrogen (secondary N) is 1. The number of nitrogens with two attached hydrogens (primary N) is 1. The van der Waals surface area contributed by atoms with Crippen LogP contribution >= 0.6 is 0 Å². The van der Waals surface area contributed by atoms with Gasteiger partial charge in [0.1, 0.15) is 0 Å². The third-order valence-corrected chi connectivity index (χ3v) is 3.74. The van der Waals surface area contributed by atoms with Gasteiger partial charge in [0.25, 0.3) is 0 Å². The van der Waals surface area contributed by atoms with Crippen LogP contribution in [0.2, 0.25) is 0 Å². The summed E-state index contributed by atoms with van der Waals surface area (Å²) in [5, 5.41) is 11.2. The highest BCUT2D eigenvalue weighted by Crippen LogP contribution is 2.56. The van der Waals surface area contributed by atoms with E-state index < -0.39 is 11.5 Å². The molecule has 0 unspecified atom stereocenters. The van der Waals surface area contributed by atoms with Gasteiger partial charge in [0.2, 0.25) is 5.91 Å². The zero-order valence-electron chi connectivity index (χ0n) is 7.88. The van der Waals surface area contributed by atoms with E-state index in [4.69, 9.17) is 10.8 Å². The lowest BCUT2D eigenvalue weighted by Crippen LogP contribution is -2.44. The van der Waals surface area contributed by atoms with Gasteiger partial charge in [-0.05, 0) is 32.1 Å². The monoisotopic (exact) mass is 198 g/mol. The number of carbonyl (C=O) groups is 2. The van der Waals surface area contributed by atoms with E-state index in [9.17, 15) is 9.59 Å². The topological polar surface area (TPSA) is 92.4 Å². The highest BCUT2D eigenvalue weighted by atomic mass is 16.4. The average Bonchev–Trinajstić information content (AvgIpc) is 2.58. The van der Waals surface area contributed by atoms with E-state index in [1.165, 1.54) is 0 Å². The minimum Gasteiger partial charge on any atom is -0.465 e. The first-order chi connectivity index (χ1) is 6.48. The molecule has 0 aromatic heterocycles. The fourth-order valence-electron chi connectivity index (χ4n) is 2.94. The van der Waals surface area contributed by atoms with E-state index >= 15 is 0 Å². The second kappa shape index (κ2) is 2.62. The largest absolute Gasteiger partial charge is 0.465 e. The Bertz CT molecular complexity index is 292. The summed E-state index contributed by atoms with van der Waals surface area (Å²) in [6, 6.07) is 0. The first-order valence-corrected chi connectivity index (χ1v) is 4.79. The second-order valence-electron chi connectivity index (χ2n) is 4.53. The Hall–Kier alpha value is -1.26. The zero-order valence-corrected chi connectivity index (χ0v) is 7.88. The molecule has 0 saturated heterocycles. The van der Waals surface area contributed by atoms with Crippen molar-refractivity contribution in [3.63, 3.8) is 0 Å². The molecular formula is C9H14N2O3. The van der Waals surface area contributed by atoms with Crippen LogP contribution in [0.25, 0.3) is 0 Å². The van der Waals surface area contributed by atoms with Crippen molar-refractivity contribution in [3.05, 3.63) is 0 Å². The van der Waals surface area contributed by atoms with Crippen molar-refractivity contribution >= 4 is 12.0 Å². The maximum absolute atomic E-state index is 11.3. The molecule has 5 nitrogen and oxygen atoms in total. The summed E-state index contributed by atoms with van der Waals surface area (Å²) in [4.78, 5) is 21.8. The van der Waals surface area contributed by atoms with Gasteiger partial charge in [-0.1, -0.05) is 0 Å². The molecule has 0 aromatic rings. The fraction of sp³-hybridized carbons (Fsp3) is 0.778. The van der Waals surface area contributed by atoms with Gasteiger partial charge in [-0.2, -0.15) is 0 Å². The molecule has 0 spiro atoms. The number of carboxylic acid groups (broad SMARTS) is 1. The molecule has 2 amide bonds. The van der Waals surface area contributed by atoms with E-state index in [1.807, 2.05) is 0 Å². The maximum atomic E-state index is 11.3. The first-order valence-electron chi connectivity index (χ1n) is 4.79. The van der Waals surface area contributed by atoms with Gasteiger partial charge in [0.05, 0.1) is 5.41 Å². The van der Waals surface area contributed by atoms with Crippen molar-refractivity contribution in [1.29, 1.82) is 0 Å². The lowest BCUT2D eigenvalue weighted by molar-refractivity contribution is -0.127. The SMILES string of the molecule is NC(=O)C12CCC(NC(=O)O)(CC1)C2. The first kappa shape index (κ1) is 9.30. The summed E-state index contributed by atoms with van der Waals surface area (Å²) < 4.78 is 0. The van der Waals surface area contributed by atoms with E-state index in [0.717, 1.165) is 25.7 Å². The highest BCUT2D eigenvalue weighted by Gasteiger charge is 2.57. The molecule has 78 valence electrons. The molecule has 2 fully saturated rings. The number of amides is 2. The van der Waals surface area contributed by atoms with Gasteiger partial charge in [-0.3, -0.25) is 4.79 Å². The number of fused-ring (bicyclic) bond motifs is 2. The van der Waals surface area contributed by atoms with Gasteiger partial charge in [0, 0.05) is 5.54 Å². The van der Waals surface area contributed by atoms with E-state index in [2.05, 4.69) is 5.32 Å².